The molecular formula is C15H22F2N2O. The van der Waals surface area contributed by atoms with E-state index in [1.807, 2.05) is 0 Å². The Hall–Kier alpha value is -1.04. The van der Waals surface area contributed by atoms with Gasteiger partial charge >= 0.3 is 0 Å². The number of halogens is 2. The molecule has 5 heteroatoms. The lowest BCUT2D eigenvalue weighted by atomic mass is 10.1. The van der Waals surface area contributed by atoms with Crippen LogP contribution in [-0.2, 0) is 0 Å². The molecule has 3 nitrogen and oxygen atoms in total. The molecule has 1 aliphatic rings. The summed E-state index contributed by atoms with van der Waals surface area (Å²) in [7, 11) is 0. The Balaban J connectivity index is 1.81. The summed E-state index contributed by atoms with van der Waals surface area (Å²) in [6.07, 6.45) is 1.41. The van der Waals surface area contributed by atoms with Crippen molar-refractivity contribution in [2.24, 2.45) is 0 Å². The molecule has 1 saturated heterocycles. The van der Waals surface area contributed by atoms with Crippen LogP contribution in [0.4, 0.5) is 8.78 Å². The van der Waals surface area contributed by atoms with E-state index in [-0.39, 0.29) is 12.1 Å². The molecule has 0 bridgehead atoms. The Morgan fingerprint density at radius 2 is 2.25 bits per heavy atom. The molecule has 0 radical (unpaired) electrons. The molecule has 1 fully saturated rings. The predicted molar refractivity (Wildman–Crippen MR) is 74.5 cm³/mol. The second-order valence-corrected chi connectivity index (χ2v) is 5.26. The van der Waals surface area contributed by atoms with Gasteiger partial charge in [-0.2, -0.15) is 0 Å². The van der Waals surface area contributed by atoms with Crippen LogP contribution in [0.5, 0.6) is 0 Å². The van der Waals surface area contributed by atoms with Crippen LogP contribution in [0.1, 0.15) is 31.4 Å². The highest BCUT2D eigenvalue weighted by Crippen LogP contribution is 2.18. The molecule has 1 heterocycles. The summed E-state index contributed by atoms with van der Waals surface area (Å²) in [6, 6.07) is 3.75. The molecule has 112 valence electrons. The maximum absolute atomic E-state index is 13.5. The van der Waals surface area contributed by atoms with Crippen molar-refractivity contribution < 1.29 is 13.9 Å². The maximum atomic E-state index is 13.5. The van der Waals surface area contributed by atoms with Gasteiger partial charge in [-0.15, -0.1) is 0 Å². The monoisotopic (exact) mass is 284 g/mol. The zero-order valence-electron chi connectivity index (χ0n) is 11.8. The molecule has 2 N–H and O–H groups in total. The van der Waals surface area contributed by atoms with E-state index in [2.05, 4.69) is 17.1 Å². The topological polar surface area (TPSA) is 35.5 Å². The number of rotatable bonds is 6. The van der Waals surface area contributed by atoms with Crippen LogP contribution >= 0.6 is 0 Å². The minimum atomic E-state index is -0.952. The lowest BCUT2D eigenvalue weighted by molar-refractivity contribution is 0.164. The van der Waals surface area contributed by atoms with Gasteiger partial charge in [0, 0.05) is 30.8 Å². The van der Waals surface area contributed by atoms with E-state index >= 15 is 0 Å². The Labute approximate surface area is 118 Å². The molecule has 1 aromatic rings. The third-order valence-electron chi connectivity index (χ3n) is 3.94. The quantitative estimate of drug-likeness (QED) is 0.839. The molecule has 0 aliphatic carbocycles. The first kappa shape index (κ1) is 15.4. The van der Waals surface area contributed by atoms with Gasteiger partial charge in [0.15, 0.2) is 0 Å². The van der Waals surface area contributed by atoms with Crippen LogP contribution in [0.15, 0.2) is 18.2 Å². The molecule has 1 aliphatic heterocycles. The van der Waals surface area contributed by atoms with Crippen molar-refractivity contribution in [2.75, 3.05) is 26.2 Å². The molecule has 0 saturated carbocycles. The number of nitrogens with zero attached hydrogens (tertiary/aromatic N) is 1. The highest BCUT2D eigenvalue weighted by molar-refractivity contribution is 5.21. The maximum Gasteiger partial charge on any atom is 0.131 e. The molecule has 0 spiro atoms. The van der Waals surface area contributed by atoms with Gasteiger partial charge in [-0.05, 0) is 32.0 Å². The zero-order chi connectivity index (χ0) is 14.5. The van der Waals surface area contributed by atoms with Gasteiger partial charge < -0.3 is 10.4 Å². The molecule has 2 atom stereocenters. The summed E-state index contributed by atoms with van der Waals surface area (Å²) < 4.78 is 26.3. The van der Waals surface area contributed by atoms with E-state index in [9.17, 15) is 13.9 Å². The number of aliphatic hydroxyl groups excluding tert-OH is 1. The lowest BCUT2D eigenvalue weighted by Crippen LogP contribution is -2.39. The summed E-state index contributed by atoms with van der Waals surface area (Å²) >= 11 is 0. The predicted octanol–water partition coefficient (Wildman–Crippen LogP) is 2.07. The standard InChI is InChI=1S/C15H22F2N2O/c1-2-19-7-3-4-12(19)9-18-10-15(20)13-6-5-11(16)8-14(13)17/h5-6,8,12,15,18,20H,2-4,7,9-10H2,1H3. The second kappa shape index (κ2) is 7.11. The highest BCUT2D eigenvalue weighted by atomic mass is 19.1. The van der Waals surface area contributed by atoms with Gasteiger partial charge in [0.05, 0.1) is 6.10 Å². The van der Waals surface area contributed by atoms with E-state index in [1.165, 1.54) is 12.5 Å². The van der Waals surface area contributed by atoms with Gasteiger partial charge in [-0.3, -0.25) is 4.90 Å². The van der Waals surface area contributed by atoms with Crippen LogP contribution in [0.2, 0.25) is 0 Å². The summed E-state index contributed by atoms with van der Waals surface area (Å²) in [4.78, 5) is 2.40. The van der Waals surface area contributed by atoms with Crippen molar-refractivity contribution in [3.05, 3.63) is 35.4 Å². The number of benzene rings is 1. The first-order chi connectivity index (χ1) is 9.61. The molecule has 0 amide bonds. The number of hydrogen-bond donors (Lipinski definition) is 2. The van der Waals surface area contributed by atoms with E-state index in [0.717, 1.165) is 38.2 Å². The number of likely N-dealkylation sites (N-methyl/N-ethyl adjacent to an activating group) is 1. The Morgan fingerprint density at radius 3 is 2.95 bits per heavy atom. The average Bonchev–Trinajstić information content (AvgIpc) is 2.86. The van der Waals surface area contributed by atoms with Crippen molar-refractivity contribution in [2.45, 2.75) is 31.9 Å². The number of aliphatic hydroxyl groups is 1. The molecule has 2 rings (SSSR count). The minimum absolute atomic E-state index is 0.137. The molecule has 1 aromatic carbocycles. The van der Waals surface area contributed by atoms with E-state index in [1.54, 1.807) is 0 Å². The summed E-state index contributed by atoms with van der Waals surface area (Å²) in [6.45, 7) is 5.35. The smallest absolute Gasteiger partial charge is 0.131 e. The third kappa shape index (κ3) is 3.75. The van der Waals surface area contributed by atoms with Crippen LogP contribution in [0, 0.1) is 11.6 Å². The Kier molecular flexibility index (Phi) is 5.46. The summed E-state index contributed by atoms with van der Waals surface area (Å²) in [5.74, 6) is -1.33. The van der Waals surface area contributed by atoms with Crippen LogP contribution in [0.25, 0.3) is 0 Å². The largest absolute Gasteiger partial charge is 0.387 e. The van der Waals surface area contributed by atoms with E-state index in [4.69, 9.17) is 0 Å². The fourth-order valence-electron chi connectivity index (χ4n) is 2.81. The number of hydrogen-bond acceptors (Lipinski definition) is 3. The summed E-state index contributed by atoms with van der Waals surface area (Å²) in [5, 5.41) is 13.1. The second-order valence-electron chi connectivity index (χ2n) is 5.26. The fourth-order valence-corrected chi connectivity index (χ4v) is 2.81. The fraction of sp³-hybridized carbons (Fsp3) is 0.600. The number of likely N-dealkylation sites (tertiary alicyclic amines) is 1. The Morgan fingerprint density at radius 1 is 1.45 bits per heavy atom. The molecule has 20 heavy (non-hydrogen) atoms. The van der Waals surface area contributed by atoms with Gasteiger partial charge in [0.1, 0.15) is 11.6 Å². The van der Waals surface area contributed by atoms with Gasteiger partial charge in [-0.1, -0.05) is 13.0 Å². The normalized spacial score (nSPS) is 21.3. The van der Waals surface area contributed by atoms with Crippen molar-refractivity contribution in [3.8, 4) is 0 Å². The first-order valence-corrected chi connectivity index (χ1v) is 7.19. The highest BCUT2D eigenvalue weighted by Gasteiger charge is 2.22. The number of nitrogens with one attached hydrogen (secondary N) is 1. The average molecular weight is 284 g/mol. The van der Waals surface area contributed by atoms with Gasteiger partial charge in [0.2, 0.25) is 0 Å². The Bertz CT molecular complexity index is 442. The first-order valence-electron chi connectivity index (χ1n) is 7.19. The van der Waals surface area contributed by atoms with Crippen LogP contribution in [0.3, 0.4) is 0 Å². The lowest BCUT2D eigenvalue weighted by Gasteiger charge is -2.23. The molecule has 2 unspecified atom stereocenters. The summed E-state index contributed by atoms with van der Waals surface area (Å²) in [5.41, 5.74) is 0.137. The van der Waals surface area contributed by atoms with Crippen molar-refractivity contribution in [1.82, 2.24) is 10.2 Å². The van der Waals surface area contributed by atoms with Crippen molar-refractivity contribution in [3.63, 3.8) is 0 Å². The minimum Gasteiger partial charge on any atom is -0.387 e. The van der Waals surface area contributed by atoms with Crippen LogP contribution in [-0.4, -0.2) is 42.2 Å². The SMILES string of the molecule is CCN1CCCC1CNCC(O)c1ccc(F)cc1F. The van der Waals surface area contributed by atoms with Crippen LogP contribution < -0.4 is 5.32 Å². The van der Waals surface area contributed by atoms with Crippen molar-refractivity contribution in [1.29, 1.82) is 0 Å². The zero-order valence-corrected chi connectivity index (χ0v) is 11.8. The van der Waals surface area contributed by atoms with E-state index < -0.39 is 17.7 Å². The van der Waals surface area contributed by atoms with Gasteiger partial charge in [0.25, 0.3) is 0 Å². The third-order valence-corrected chi connectivity index (χ3v) is 3.94. The van der Waals surface area contributed by atoms with Crippen molar-refractivity contribution >= 4 is 0 Å². The van der Waals surface area contributed by atoms with Gasteiger partial charge in [-0.25, -0.2) is 8.78 Å². The molecule has 0 aromatic heterocycles. The van der Waals surface area contributed by atoms with E-state index in [0.29, 0.717) is 6.04 Å². The molecular weight excluding hydrogens is 262 g/mol.